The zero-order valence-corrected chi connectivity index (χ0v) is 16.0. The summed E-state index contributed by atoms with van der Waals surface area (Å²) in [5, 5.41) is 0. The SMILES string of the molecule is C/C=C\Cc1c(C2=CC=C(C3C=CC=CC3)CC2)c2c(n1C)C=CCC2. The van der Waals surface area contributed by atoms with Crippen LogP contribution in [0, 0.1) is 5.92 Å². The molecule has 0 saturated heterocycles. The molecule has 1 aromatic heterocycles. The van der Waals surface area contributed by atoms with Crippen LogP contribution < -0.4 is 0 Å². The molecule has 0 aromatic carbocycles. The first-order chi connectivity index (χ1) is 12.8. The van der Waals surface area contributed by atoms with E-state index in [-0.39, 0.29) is 0 Å². The predicted molar refractivity (Wildman–Crippen MR) is 113 cm³/mol. The van der Waals surface area contributed by atoms with Crippen LogP contribution in [0.1, 0.15) is 55.1 Å². The minimum absolute atomic E-state index is 0.605. The molecule has 0 fully saturated rings. The number of aromatic nitrogens is 1. The summed E-state index contributed by atoms with van der Waals surface area (Å²) >= 11 is 0. The largest absolute Gasteiger partial charge is 0.347 e. The van der Waals surface area contributed by atoms with E-state index in [9.17, 15) is 0 Å². The Hall–Kier alpha value is -2.28. The highest BCUT2D eigenvalue weighted by Gasteiger charge is 2.24. The van der Waals surface area contributed by atoms with E-state index >= 15 is 0 Å². The summed E-state index contributed by atoms with van der Waals surface area (Å²) in [6.07, 6.45) is 29.8. The molecule has 0 aliphatic heterocycles. The molecule has 3 aliphatic carbocycles. The van der Waals surface area contributed by atoms with Gasteiger partial charge in [-0.25, -0.2) is 0 Å². The molecule has 1 nitrogen and oxygen atoms in total. The average Bonchev–Trinajstić information content (AvgIpc) is 2.99. The molecule has 1 atom stereocenters. The Labute approximate surface area is 157 Å². The first-order valence-electron chi connectivity index (χ1n) is 10.0. The van der Waals surface area contributed by atoms with Crippen LogP contribution in [0.5, 0.6) is 0 Å². The Balaban J connectivity index is 1.72. The third-order valence-electron chi connectivity index (χ3n) is 6.01. The lowest BCUT2D eigenvalue weighted by molar-refractivity contribution is 0.714. The van der Waals surface area contributed by atoms with Crippen LogP contribution in [-0.2, 0) is 19.9 Å². The van der Waals surface area contributed by atoms with Crippen molar-refractivity contribution in [1.29, 1.82) is 0 Å². The van der Waals surface area contributed by atoms with Crippen molar-refractivity contribution in [2.24, 2.45) is 13.0 Å². The lowest BCUT2D eigenvalue weighted by Gasteiger charge is -2.22. The topological polar surface area (TPSA) is 4.93 Å². The summed E-state index contributed by atoms with van der Waals surface area (Å²) in [6.45, 7) is 2.11. The minimum Gasteiger partial charge on any atom is -0.347 e. The molecule has 26 heavy (non-hydrogen) atoms. The summed E-state index contributed by atoms with van der Waals surface area (Å²) in [5.41, 5.74) is 9.13. The van der Waals surface area contributed by atoms with Gasteiger partial charge in [0.05, 0.1) is 0 Å². The van der Waals surface area contributed by atoms with Crippen LogP contribution in [0.3, 0.4) is 0 Å². The maximum absolute atomic E-state index is 2.43. The highest BCUT2D eigenvalue weighted by molar-refractivity contribution is 5.77. The molecular formula is C25H29N. The van der Waals surface area contributed by atoms with Gasteiger partial charge in [-0.15, -0.1) is 0 Å². The van der Waals surface area contributed by atoms with E-state index in [2.05, 4.69) is 79.3 Å². The van der Waals surface area contributed by atoms with Crippen LogP contribution in [0.2, 0.25) is 0 Å². The summed E-state index contributed by atoms with van der Waals surface area (Å²) in [6, 6.07) is 0. The highest BCUT2D eigenvalue weighted by atomic mass is 15.0. The van der Waals surface area contributed by atoms with Crippen molar-refractivity contribution in [1.82, 2.24) is 4.57 Å². The van der Waals surface area contributed by atoms with Gasteiger partial charge in [0.15, 0.2) is 0 Å². The molecule has 0 saturated carbocycles. The van der Waals surface area contributed by atoms with Crippen molar-refractivity contribution in [2.45, 2.75) is 45.4 Å². The normalized spacial score (nSPS) is 21.8. The van der Waals surface area contributed by atoms with E-state index in [1.807, 2.05) is 0 Å². The maximum atomic E-state index is 2.43. The Bertz CT molecular complexity index is 864. The molecule has 1 aromatic rings. The molecule has 1 heteroatoms. The molecule has 0 bridgehead atoms. The van der Waals surface area contributed by atoms with Crippen LogP contribution in [-0.4, -0.2) is 4.57 Å². The van der Waals surface area contributed by atoms with Crippen molar-refractivity contribution in [3.05, 3.63) is 82.8 Å². The first-order valence-corrected chi connectivity index (χ1v) is 10.0. The van der Waals surface area contributed by atoms with E-state index in [0.29, 0.717) is 5.92 Å². The highest BCUT2D eigenvalue weighted by Crippen LogP contribution is 2.39. The fourth-order valence-corrected chi connectivity index (χ4v) is 4.58. The van der Waals surface area contributed by atoms with Gasteiger partial charge < -0.3 is 4.57 Å². The molecule has 3 aliphatic rings. The second-order valence-corrected chi connectivity index (χ2v) is 7.55. The summed E-state index contributed by atoms with van der Waals surface area (Å²) < 4.78 is 2.43. The second kappa shape index (κ2) is 7.53. The Morgan fingerprint density at radius 2 is 2.04 bits per heavy atom. The van der Waals surface area contributed by atoms with Crippen LogP contribution in [0.25, 0.3) is 11.6 Å². The molecule has 0 amide bonds. The van der Waals surface area contributed by atoms with Gasteiger partial charge in [-0.3, -0.25) is 0 Å². The van der Waals surface area contributed by atoms with Gasteiger partial charge in [-0.2, -0.15) is 0 Å². The third kappa shape index (κ3) is 3.11. The van der Waals surface area contributed by atoms with E-state index in [0.717, 1.165) is 12.8 Å². The first kappa shape index (κ1) is 17.1. The number of allylic oxidation sites excluding steroid dienone is 11. The lowest BCUT2D eigenvalue weighted by Crippen LogP contribution is -2.06. The number of hydrogen-bond acceptors (Lipinski definition) is 0. The van der Waals surface area contributed by atoms with E-state index < -0.39 is 0 Å². The van der Waals surface area contributed by atoms with Crippen molar-refractivity contribution >= 4 is 11.6 Å². The number of rotatable bonds is 4. The second-order valence-electron chi connectivity index (χ2n) is 7.55. The van der Waals surface area contributed by atoms with Crippen molar-refractivity contribution in [3.63, 3.8) is 0 Å². The standard InChI is InChI=1S/C25H29N/c1-3-4-13-24-25(22-12-8-9-14-23(22)26(24)2)21-17-15-20(16-18-21)19-10-6-5-7-11-19/h3-7,9-10,14-15,17,19H,8,11-13,16,18H2,1-2H3/b4-3-. The zero-order valence-electron chi connectivity index (χ0n) is 16.0. The fourth-order valence-electron chi connectivity index (χ4n) is 4.58. The van der Waals surface area contributed by atoms with Crippen LogP contribution in [0.15, 0.2) is 60.3 Å². The Morgan fingerprint density at radius 1 is 1.12 bits per heavy atom. The van der Waals surface area contributed by atoms with Gasteiger partial charge in [0.2, 0.25) is 0 Å². The molecule has 1 heterocycles. The van der Waals surface area contributed by atoms with Gasteiger partial charge in [-0.1, -0.05) is 60.3 Å². The van der Waals surface area contributed by atoms with Gasteiger partial charge in [0.25, 0.3) is 0 Å². The van der Waals surface area contributed by atoms with Crippen LogP contribution in [0.4, 0.5) is 0 Å². The predicted octanol–water partition coefficient (Wildman–Crippen LogP) is 6.34. The van der Waals surface area contributed by atoms with Crippen molar-refractivity contribution in [2.75, 3.05) is 0 Å². The minimum atomic E-state index is 0.605. The molecule has 134 valence electrons. The number of hydrogen-bond donors (Lipinski definition) is 0. The third-order valence-corrected chi connectivity index (χ3v) is 6.01. The molecule has 1 unspecified atom stereocenters. The molecule has 0 spiro atoms. The average molecular weight is 344 g/mol. The van der Waals surface area contributed by atoms with Crippen LogP contribution >= 0.6 is 0 Å². The smallest absolute Gasteiger partial charge is 0.0442 e. The Morgan fingerprint density at radius 3 is 2.77 bits per heavy atom. The molecule has 0 N–H and O–H groups in total. The number of nitrogens with zero attached hydrogens (tertiary/aromatic N) is 1. The van der Waals surface area contributed by atoms with Gasteiger partial charge in [0, 0.05) is 36.3 Å². The summed E-state index contributed by atoms with van der Waals surface area (Å²) in [4.78, 5) is 0. The maximum Gasteiger partial charge on any atom is 0.0442 e. The lowest BCUT2D eigenvalue weighted by atomic mass is 9.82. The quantitative estimate of drug-likeness (QED) is 0.562. The van der Waals surface area contributed by atoms with Gasteiger partial charge in [-0.05, 0) is 56.2 Å². The Kier molecular flexibility index (Phi) is 4.97. The summed E-state index contributed by atoms with van der Waals surface area (Å²) in [7, 11) is 2.24. The van der Waals surface area contributed by atoms with E-state index in [1.165, 1.54) is 42.6 Å². The van der Waals surface area contributed by atoms with Gasteiger partial charge >= 0.3 is 0 Å². The monoisotopic (exact) mass is 343 g/mol. The zero-order chi connectivity index (χ0) is 17.9. The fraction of sp³-hybridized carbons (Fsp3) is 0.360. The van der Waals surface area contributed by atoms with Crippen molar-refractivity contribution in [3.8, 4) is 0 Å². The van der Waals surface area contributed by atoms with E-state index in [1.54, 1.807) is 16.7 Å². The molecule has 4 rings (SSSR count). The van der Waals surface area contributed by atoms with Crippen molar-refractivity contribution < 1.29 is 0 Å². The molecular weight excluding hydrogens is 314 g/mol. The van der Waals surface area contributed by atoms with E-state index in [4.69, 9.17) is 0 Å². The summed E-state index contributed by atoms with van der Waals surface area (Å²) in [5.74, 6) is 0.605. The number of fused-ring (bicyclic) bond motifs is 1. The molecule has 0 radical (unpaired) electrons. The van der Waals surface area contributed by atoms with Gasteiger partial charge in [0.1, 0.15) is 0 Å².